The van der Waals surface area contributed by atoms with Gasteiger partial charge in [-0.05, 0) is 31.5 Å². The molecule has 0 spiro atoms. The molecule has 0 N–H and O–H groups in total. The van der Waals surface area contributed by atoms with Gasteiger partial charge in [-0.3, -0.25) is 9.59 Å². The Hall–Kier alpha value is -3.02. The second kappa shape index (κ2) is 7.43. The van der Waals surface area contributed by atoms with Gasteiger partial charge in [-0.1, -0.05) is 17.7 Å². The molecule has 6 heteroatoms. The summed E-state index contributed by atoms with van der Waals surface area (Å²) < 4.78 is 9.51. The Morgan fingerprint density at radius 2 is 1.66 bits per heavy atom. The monoisotopic (exact) mass is 393 g/mol. The maximum absolute atomic E-state index is 13.2. The predicted octanol–water partition coefficient (Wildman–Crippen LogP) is 3.18. The van der Waals surface area contributed by atoms with Gasteiger partial charge in [0.2, 0.25) is 0 Å². The van der Waals surface area contributed by atoms with Gasteiger partial charge >= 0.3 is 0 Å². The summed E-state index contributed by atoms with van der Waals surface area (Å²) in [5.41, 5.74) is 3.37. The zero-order valence-electron chi connectivity index (χ0n) is 17.4. The summed E-state index contributed by atoms with van der Waals surface area (Å²) >= 11 is 0. The van der Waals surface area contributed by atoms with Crippen LogP contribution in [-0.2, 0) is 14.1 Å². The van der Waals surface area contributed by atoms with Crippen molar-refractivity contribution < 1.29 is 9.53 Å². The predicted molar refractivity (Wildman–Crippen MR) is 114 cm³/mol. The van der Waals surface area contributed by atoms with E-state index >= 15 is 0 Å². The molecular weight excluding hydrogens is 366 g/mol. The Kier molecular flexibility index (Phi) is 4.94. The van der Waals surface area contributed by atoms with E-state index in [9.17, 15) is 9.59 Å². The van der Waals surface area contributed by atoms with Crippen molar-refractivity contribution >= 4 is 16.8 Å². The number of piperidine rings is 1. The number of fused-ring (bicyclic) bond motifs is 1. The summed E-state index contributed by atoms with van der Waals surface area (Å²) in [6.45, 7) is 5.26. The van der Waals surface area contributed by atoms with E-state index in [1.807, 2.05) is 53.9 Å². The van der Waals surface area contributed by atoms with Crippen LogP contribution in [0.1, 0.15) is 34.3 Å². The number of aromatic nitrogens is 2. The number of carbonyl (C=O) groups is 1. The van der Waals surface area contributed by atoms with Crippen molar-refractivity contribution in [3.05, 3.63) is 63.7 Å². The molecule has 0 aliphatic carbocycles. The minimum Gasteiger partial charge on any atom is -0.490 e. The van der Waals surface area contributed by atoms with Crippen molar-refractivity contribution in [2.45, 2.75) is 32.8 Å². The number of hydrogen-bond donors (Lipinski definition) is 0. The Labute approximate surface area is 170 Å². The van der Waals surface area contributed by atoms with Crippen LogP contribution in [0.25, 0.3) is 10.9 Å². The average molecular weight is 393 g/mol. The summed E-state index contributed by atoms with van der Waals surface area (Å²) in [6, 6.07) is 8.05. The fraction of sp³-hybridized carbons (Fsp3) is 0.391. The van der Waals surface area contributed by atoms with E-state index in [0.29, 0.717) is 24.0 Å². The molecule has 29 heavy (non-hydrogen) atoms. The normalized spacial score (nSPS) is 15.1. The number of aryl methyl sites for hydroxylation is 4. The van der Waals surface area contributed by atoms with E-state index in [4.69, 9.17) is 4.74 Å². The average Bonchev–Trinajstić information content (AvgIpc) is 3.06. The lowest BCUT2D eigenvalue weighted by atomic mass is 10.1. The molecule has 152 valence electrons. The first-order valence-corrected chi connectivity index (χ1v) is 10.0. The number of hydrogen-bond acceptors (Lipinski definition) is 3. The molecule has 0 radical (unpaired) electrons. The molecule has 1 aromatic carbocycles. The summed E-state index contributed by atoms with van der Waals surface area (Å²) in [4.78, 5) is 27.8. The molecule has 3 aromatic rings. The first-order valence-electron chi connectivity index (χ1n) is 10.0. The smallest absolute Gasteiger partial charge is 0.260 e. The largest absolute Gasteiger partial charge is 0.490 e. The van der Waals surface area contributed by atoms with Crippen molar-refractivity contribution in [3.63, 3.8) is 0 Å². The molecule has 1 fully saturated rings. The first kappa shape index (κ1) is 19.3. The highest BCUT2D eigenvalue weighted by Crippen LogP contribution is 2.24. The van der Waals surface area contributed by atoms with Crippen molar-refractivity contribution in [3.8, 4) is 5.75 Å². The number of carbonyl (C=O) groups excluding carboxylic acids is 1. The van der Waals surface area contributed by atoms with Gasteiger partial charge in [0.25, 0.3) is 11.5 Å². The van der Waals surface area contributed by atoms with Crippen LogP contribution in [0.3, 0.4) is 0 Å². The van der Waals surface area contributed by atoms with E-state index in [-0.39, 0.29) is 17.6 Å². The fourth-order valence-corrected chi connectivity index (χ4v) is 4.22. The molecule has 0 unspecified atom stereocenters. The van der Waals surface area contributed by atoms with Crippen molar-refractivity contribution in [2.24, 2.45) is 14.1 Å². The van der Waals surface area contributed by atoms with Crippen LogP contribution in [0.5, 0.6) is 5.75 Å². The lowest BCUT2D eigenvalue weighted by molar-refractivity contribution is 0.0597. The quantitative estimate of drug-likeness (QED) is 0.687. The SMILES string of the molecule is Cc1ccc(OC2CCN(C(=O)c3cn(C)c4c(C)cn(C)c(=O)c34)CC2)cc1. The van der Waals surface area contributed by atoms with Crippen LogP contribution in [0.4, 0.5) is 0 Å². The second-order valence-electron chi connectivity index (χ2n) is 8.03. The fourth-order valence-electron chi connectivity index (χ4n) is 4.22. The Morgan fingerprint density at radius 3 is 2.31 bits per heavy atom. The maximum atomic E-state index is 13.2. The van der Waals surface area contributed by atoms with Crippen molar-refractivity contribution in [1.29, 1.82) is 0 Å². The van der Waals surface area contributed by atoms with Crippen LogP contribution in [0.15, 0.2) is 41.5 Å². The highest BCUT2D eigenvalue weighted by atomic mass is 16.5. The molecule has 2 aromatic heterocycles. The third-order valence-corrected chi connectivity index (χ3v) is 5.76. The maximum Gasteiger partial charge on any atom is 0.260 e. The Balaban J connectivity index is 1.52. The summed E-state index contributed by atoms with van der Waals surface area (Å²) in [7, 11) is 3.61. The minimum absolute atomic E-state index is 0.0768. The van der Waals surface area contributed by atoms with Gasteiger partial charge in [-0.15, -0.1) is 0 Å². The van der Waals surface area contributed by atoms with Crippen LogP contribution in [0.2, 0.25) is 0 Å². The van der Waals surface area contributed by atoms with Gasteiger partial charge in [-0.25, -0.2) is 0 Å². The number of pyridine rings is 1. The lowest BCUT2D eigenvalue weighted by Gasteiger charge is -2.32. The molecule has 1 aliphatic heterocycles. The standard InChI is InChI=1S/C23H27N3O3/c1-15-5-7-17(8-6-15)29-18-9-11-26(12-10-18)22(27)19-14-24(3)21-16(2)13-25(4)23(28)20(19)21/h5-8,13-14,18H,9-12H2,1-4H3. The molecule has 6 nitrogen and oxygen atoms in total. The van der Waals surface area contributed by atoms with Crippen LogP contribution in [0, 0.1) is 13.8 Å². The molecule has 1 amide bonds. The molecule has 4 rings (SSSR count). The Bertz CT molecular complexity index is 1120. The molecular formula is C23H27N3O3. The molecule has 1 aliphatic rings. The van der Waals surface area contributed by atoms with Gasteiger partial charge < -0.3 is 18.8 Å². The summed E-state index contributed by atoms with van der Waals surface area (Å²) in [5, 5.41) is 0.512. The zero-order chi connectivity index (χ0) is 20.7. The third kappa shape index (κ3) is 3.55. The lowest BCUT2D eigenvalue weighted by Crippen LogP contribution is -2.42. The second-order valence-corrected chi connectivity index (χ2v) is 8.03. The number of ether oxygens (including phenoxy) is 1. The minimum atomic E-state index is -0.132. The summed E-state index contributed by atoms with van der Waals surface area (Å²) in [5.74, 6) is 0.792. The van der Waals surface area contributed by atoms with E-state index in [1.165, 1.54) is 5.56 Å². The van der Waals surface area contributed by atoms with Gasteiger partial charge in [-0.2, -0.15) is 0 Å². The van der Waals surface area contributed by atoms with E-state index in [2.05, 4.69) is 6.92 Å². The Morgan fingerprint density at radius 1 is 1.00 bits per heavy atom. The number of nitrogens with zero attached hydrogens (tertiary/aromatic N) is 3. The van der Waals surface area contributed by atoms with Crippen LogP contribution < -0.4 is 10.3 Å². The van der Waals surface area contributed by atoms with Gasteiger partial charge in [0, 0.05) is 52.4 Å². The van der Waals surface area contributed by atoms with E-state index in [0.717, 1.165) is 29.7 Å². The number of amides is 1. The van der Waals surface area contributed by atoms with E-state index in [1.54, 1.807) is 17.8 Å². The number of rotatable bonds is 3. The van der Waals surface area contributed by atoms with Crippen LogP contribution >= 0.6 is 0 Å². The molecule has 0 saturated carbocycles. The van der Waals surface area contributed by atoms with Gasteiger partial charge in [0.15, 0.2) is 0 Å². The van der Waals surface area contributed by atoms with E-state index < -0.39 is 0 Å². The molecule has 1 saturated heterocycles. The highest BCUT2D eigenvalue weighted by molar-refractivity contribution is 6.07. The van der Waals surface area contributed by atoms with Crippen LogP contribution in [-0.4, -0.2) is 39.1 Å². The number of likely N-dealkylation sites (tertiary alicyclic amines) is 1. The molecule has 0 bridgehead atoms. The van der Waals surface area contributed by atoms with Gasteiger partial charge in [0.1, 0.15) is 11.9 Å². The van der Waals surface area contributed by atoms with Gasteiger partial charge in [0.05, 0.1) is 16.5 Å². The van der Waals surface area contributed by atoms with Crippen molar-refractivity contribution in [1.82, 2.24) is 14.0 Å². The zero-order valence-corrected chi connectivity index (χ0v) is 17.4. The molecule has 3 heterocycles. The third-order valence-electron chi connectivity index (χ3n) is 5.76. The summed E-state index contributed by atoms with van der Waals surface area (Å²) in [6.07, 6.45) is 5.26. The molecule has 0 atom stereocenters. The number of benzene rings is 1. The topological polar surface area (TPSA) is 56.5 Å². The first-order chi connectivity index (χ1) is 13.8. The van der Waals surface area contributed by atoms with Crippen molar-refractivity contribution in [2.75, 3.05) is 13.1 Å². The highest BCUT2D eigenvalue weighted by Gasteiger charge is 2.28.